The summed E-state index contributed by atoms with van der Waals surface area (Å²) in [5.74, 6) is -0.390. The lowest BCUT2D eigenvalue weighted by Crippen LogP contribution is -2.49. The number of rotatable bonds is 7. The highest BCUT2D eigenvalue weighted by Gasteiger charge is 2.23. The number of nitrogens with one attached hydrogen (secondary N) is 2. The van der Waals surface area contributed by atoms with Gasteiger partial charge in [-0.3, -0.25) is 4.79 Å². The molecule has 100 valence electrons. The minimum atomic E-state index is -1.48. The van der Waals surface area contributed by atoms with Gasteiger partial charge in [0.1, 0.15) is 6.04 Å². The summed E-state index contributed by atoms with van der Waals surface area (Å²) in [5, 5.41) is 21.6. The predicted octanol–water partition coefficient (Wildman–Crippen LogP) is 0.0154. The van der Waals surface area contributed by atoms with Gasteiger partial charge in [0.2, 0.25) is 0 Å². The van der Waals surface area contributed by atoms with Crippen molar-refractivity contribution in [2.24, 2.45) is 0 Å². The molecule has 0 aliphatic rings. The van der Waals surface area contributed by atoms with Gasteiger partial charge in [-0.1, -0.05) is 19.3 Å². The number of urea groups is 1. The summed E-state index contributed by atoms with van der Waals surface area (Å²) in [6.07, 6.45) is 5.79. The summed E-state index contributed by atoms with van der Waals surface area (Å²) in [6.45, 7) is 1.88. The first-order chi connectivity index (χ1) is 8.40. The van der Waals surface area contributed by atoms with Gasteiger partial charge < -0.3 is 20.8 Å². The fourth-order valence-electron chi connectivity index (χ4n) is 1.22. The molecule has 2 atom stereocenters. The molecule has 1 unspecified atom stereocenters. The smallest absolute Gasteiger partial charge is 0.326 e. The van der Waals surface area contributed by atoms with Gasteiger partial charge in [0, 0.05) is 0 Å². The second kappa shape index (κ2) is 7.95. The van der Waals surface area contributed by atoms with Crippen LogP contribution in [0.15, 0.2) is 0 Å². The zero-order chi connectivity index (χ0) is 14.1. The van der Waals surface area contributed by atoms with Crippen LogP contribution in [0, 0.1) is 12.3 Å². The molecule has 0 aromatic heterocycles. The standard InChI is InChI=1S/C11H16N2O5/c1-3-5-7(4-2)12-11(18)13-8(10(16)17)6-9(14)15/h2,7-8H,3,5-6H2,1H3,(H,14,15)(H,16,17)(H2,12,13,18)/t7?,8-/m0/s1. The molecule has 0 aromatic carbocycles. The van der Waals surface area contributed by atoms with Crippen LogP contribution in [0.2, 0.25) is 0 Å². The van der Waals surface area contributed by atoms with E-state index in [1.54, 1.807) is 0 Å². The van der Waals surface area contributed by atoms with E-state index >= 15 is 0 Å². The van der Waals surface area contributed by atoms with E-state index in [0.29, 0.717) is 6.42 Å². The number of hydrogen-bond donors (Lipinski definition) is 4. The van der Waals surface area contributed by atoms with Crippen LogP contribution in [0.5, 0.6) is 0 Å². The van der Waals surface area contributed by atoms with Crippen LogP contribution in [0.4, 0.5) is 4.79 Å². The maximum atomic E-state index is 11.4. The van der Waals surface area contributed by atoms with Crippen molar-refractivity contribution in [3.8, 4) is 12.3 Å². The molecule has 18 heavy (non-hydrogen) atoms. The lowest BCUT2D eigenvalue weighted by molar-refractivity contribution is -0.145. The molecule has 0 spiro atoms. The highest BCUT2D eigenvalue weighted by atomic mass is 16.4. The lowest BCUT2D eigenvalue weighted by Gasteiger charge is -2.16. The maximum Gasteiger partial charge on any atom is 0.326 e. The van der Waals surface area contributed by atoms with Crippen molar-refractivity contribution >= 4 is 18.0 Å². The average molecular weight is 256 g/mol. The molecule has 0 rings (SSSR count). The molecule has 0 saturated heterocycles. The third-order valence-corrected chi connectivity index (χ3v) is 2.07. The molecule has 0 aliphatic carbocycles. The molecular weight excluding hydrogens is 240 g/mol. The average Bonchev–Trinajstić information content (AvgIpc) is 2.26. The SMILES string of the molecule is C#CC(CCC)NC(=O)N[C@@H](CC(=O)O)C(=O)O. The number of carbonyl (C=O) groups is 3. The van der Waals surface area contributed by atoms with Gasteiger partial charge in [-0.05, 0) is 6.42 Å². The van der Waals surface area contributed by atoms with Gasteiger partial charge in [0.05, 0.1) is 12.5 Å². The van der Waals surface area contributed by atoms with Crippen LogP contribution in [-0.2, 0) is 9.59 Å². The van der Waals surface area contributed by atoms with Crippen LogP contribution in [0.3, 0.4) is 0 Å². The molecule has 0 aromatic rings. The van der Waals surface area contributed by atoms with E-state index in [-0.39, 0.29) is 0 Å². The van der Waals surface area contributed by atoms with Crippen molar-refractivity contribution in [2.45, 2.75) is 38.3 Å². The summed E-state index contributed by atoms with van der Waals surface area (Å²) in [7, 11) is 0. The molecule has 0 bridgehead atoms. The quantitative estimate of drug-likeness (QED) is 0.479. The number of carbonyl (C=O) groups excluding carboxylic acids is 1. The van der Waals surface area contributed by atoms with E-state index in [1.807, 2.05) is 12.2 Å². The summed E-state index contributed by atoms with van der Waals surface area (Å²) in [5.41, 5.74) is 0. The number of carboxylic acids is 2. The van der Waals surface area contributed by atoms with Gasteiger partial charge in [-0.25, -0.2) is 9.59 Å². The summed E-state index contributed by atoms with van der Waals surface area (Å²) in [6, 6.07) is -2.78. The van der Waals surface area contributed by atoms with Gasteiger partial charge in [0.15, 0.2) is 0 Å². The zero-order valence-electron chi connectivity index (χ0n) is 9.97. The number of hydrogen-bond acceptors (Lipinski definition) is 3. The molecule has 0 saturated carbocycles. The largest absolute Gasteiger partial charge is 0.481 e. The van der Waals surface area contributed by atoms with Gasteiger partial charge in [0.25, 0.3) is 0 Å². The monoisotopic (exact) mass is 256 g/mol. The van der Waals surface area contributed by atoms with Crippen molar-refractivity contribution in [2.75, 3.05) is 0 Å². The molecule has 7 nitrogen and oxygen atoms in total. The normalized spacial score (nSPS) is 12.9. The van der Waals surface area contributed by atoms with Gasteiger partial charge in [-0.2, -0.15) is 0 Å². The van der Waals surface area contributed by atoms with E-state index < -0.39 is 36.5 Å². The summed E-state index contributed by atoms with van der Waals surface area (Å²) < 4.78 is 0. The first-order valence-corrected chi connectivity index (χ1v) is 5.38. The van der Waals surface area contributed by atoms with Crippen LogP contribution in [-0.4, -0.2) is 40.3 Å². The molecule has 2 amide bonds. The number of terminal acetylenes is 1. The molecule has 0 radical (unpaired) electrons. The van der Waals surface area contributed by atoms with E-state index in [0.717, 1.165) is 6.42 Å². The van der Waals surface area contributed by atoms with E-state index in [1.165, 1.54) is 0 Å². The fourth-order valence-corrected chi connectivity index (χ4v) is 1.22. The van der Waals surface area contributed by atoms with Gasteiger partial charge in [-0.15, -0.1) is 6.42 Å². The lowest BCUT2D eigenvalue weighted by atomic mass is 10.2. The third kappa shape index (κ3) is 6.37. The Bertz CT molecular complexity index is 361. The highest BCUT2D eigenvalue weighted by molar-refractivity contribution is 5.86. The molecule has 0 heterocycles. The molecular formula is C11H16N2O5. The summed E-state index contributed by atoms with van der Waals surface area (Å²) >= 11 is 0. The van der Waals surface area contributed by atoms with Crippen molar-refractivity contribution < 1.29 is 24.6 Å². The Balaban J connectivity index is 4.38. The minimum absolute atomic E-state index is 0.505. The van der Waals surface area contributed by atoms with Crippen molar-refractivity contribution in [1.29, 1.82) is 0 Å². The number of aliphatic carboxylic acids is 2. The van der Waals surface area contributed by atoms with Crippen LogP contribution < -0.4 is 10.6 Å². The van der Waals surface area contributed by atoms with E-state index in [9.17, 15) is 14.4 Å². The Morgan fingerprint density at radius 1 is 1.28 bits per heavy atom. The Hall–Kier alpha value is -2.23. The first kappa shape index (κ1) is 15.8. The number of amides is 2. The fraction of sp³-hybridized carbons (Fsp3) is 0.545. The second-order valence-corrected chi connectivity index (χ2v) is 3.61. The van der Waals surface area contributed by atoms with E-state index in [4.69, 9.17) is 16.6 Å². The molecule has 0 fully saturated rings. The molecule has 0 aliphatic heterocycles. The van der Waals surface area contributed by atoms with Crippen molar-refractivity contribution in [1.82, 2.24) is 10.6 Å². The van der Waals surface area contributed by atoms with Crippen molar-refractivity contribution in [3.05, 3.63) is 0 Å². The van der Waals surface area contributed by atoms with Crippen LogP contribution in [0.1, 0.15) is 26.2 Å². The highest BCUT2D eigenvalue weighted by Crippen LogP contribution is 1.96. The Morgan fingerprint density at radius 3 is 2.28 bits per heavy atom. The van der Waals surface area contributed by atoms with E-state index in [2.05, 4.69) is 11.2 Å². The molecule has 7 heteroatoms. The number of carboxylic acid groups (broad SMARTS) is 2. The third-order valence-electron chi connectivity index (χ3n) is 2.07. The second-order valence-electron chi connectivity index (χ2n) is 3.61. The molecule has 4 N–H and O–H groups in total. The zero-order valence-corrected chi connectivity index (χ0v) is 9.97. The summed E-state index contributed by atoms with van der Waals surface area (Å²) in [4.78, 5) is 32.5. The maximum absolute atomic E-state index is 11.4. The Kier molecular flexibility index (Phi) is 6.96. The van der Waals surface area contributed by atoms with Crippen molar-refractivity contribution in [3.63, 3.8) is 0 Å². The van der Waals surface area contributed by atoms with Crippen LogP contribution in [0.25, 0.3) is 0 Å². The minimum Gasteiger partial charge on any atom is -0.481 e. The topological polar surface area (TPSA) is 116 Å². The first-order valence-electron chi connectivity index (χ1n) is 5.38. The predicted molar refractivity (Wildman–Crippen MR) is 62.9 cm³/mol. The Labute approximate surface area is 105 Å². The van der Waals surface area contributed by atoms with Gasteiger partial charge >= 0.3 is 18.0 Å². The van der Waals surface area contributed by atoms with Crippen LogP contribution >= 0.6 is 0 Å². The Morgan fingerprint density at radius 2 is 1.89 bits per heavy atom.